The van der Waals surface area contributed by atoms with E-state index in [1.165, 1.54) is 17.6 Å². The van der Waals surface area contributed by atoms with Gasteiger partial charge in [0.1, 0.15) is 17.0 Å². The van der Waals surface area contributed by atoms with Crippen molar-refractivity contribution in [2.24, 2.45) is 7.05 Å². The molecule has 7 heteroatoms. The summed E-state index contributed by atoms with van der Waals surface area (Å²) in [6.07, 6.45) is 1.54. The van der Waals surface area contributed by atoms with Crippen molar-refractivity contribution in [3.05, 3.63) is 59.6 Å². The predicted molar refractivity (Wildman–Crippen MR) is 98.5 cm³/mol. The van der Waals surface area contributed by atoms with Gasteiger partial charge in [0.05, 0.1) is 6.04 Å². The smallest absolute Gasteiger partial charge is 0.355 e. The highest BCUT2D eigenvalue weighted by Crippen LogP contribution is 2.23. The molecule has 0 unspecified atom stereocenters. The Bertz CT molecular complexity index is 981. The number of esters is 1. The minimum atomic E-state index is -0.670. The number of carbonyl (C=O) groups excluding carboxylic acids is 3. The summed E-state index contributed by atoms with van der Waals surface area (Å²) in [5, 5.41) is 3.68. The van der Waals surface area contributed by atoms with E-state index in [-0.39, 0.29) is 17.5 Å². The van der Waals surface area contributed by atoms with E-state index in [0.717, 1.165) is 11.0 Å². The van der Waals surface area contributed by atoms with Gasteiger partial charge in [-0.2, -0.15) is 0 Å². The first-order valence-electron chi connectivity index (χ1n) is 8.47. The molecule has 3 aromatic rings. The number of amides is 1. The molecule has 1 amide bonds. The number of aryl methyl sites for hydroxylation is 1. The van der Waals surface area contributed by atoms with E-state index in [9.17, 15) is 14.4 Å². The second-order valence-electron chi connectivity index (χ2n) is 6.33. The molecule has 2 aromatic heterocycles. The van der Waals surface area contributed by atoms with Gasteiger partial charge in [-0.1, -0.05) is 18.2 Å². The van der Waals surface area contributed by atoms with Crippen LogP contribution in [0, 0.1) is 0 Å². The third-order valence-corrected chi connectivity index (χ3v) is 4.20. The molecule has 7 nitrogen and oxygen atoms in total. The monoisotopic (exact) mass is 368 g/mol. The molecule has 27 heavy (non-hydrogen) atoms. The minimum Gasteiger partial charge on any atom is -0.459 e. The molecule has 3 rings (SSSR count). The molecule has 0 saturated carbocycles. The Kier molecular flexibility index (Phi) is 5.12. The number of fused-ring (bicyclic) bond motifs is 1. The first-order chi connectivity index (χ1) is 12.8. The maximum atomic E-state index is 12.1. The van der Waals surface area contributed by atoms with Crippen molar-refractivity contribution in [2.45, 2.75) is 19.9 Å². The average molecular weight is 368 g/mol. The fourth-order valence-electron chi connectivity index (χ4n) is 2.74. The molecule has 1 atom stereocenters. The van der Waals surface area contributed by atoms with Gasteiger partial charge in [-0.15, -0.1) is 0 Å². The maximum absolute atomic E-state index is 12.1. The van der Waals surface area contributed by atoms with Crippen molar-refractivity contribution in [1.29, 1.82) is 0 Å². The van der Waals surface area contributed by atoms with E-state index >= 15 is 0 Å². The SMILES string of the molecule is CC(=O)c1cc(C(=O)OCC(=O)N[C@H](C)c2cc3ccccc3o2)n(C)c1. The van der Waals surface area contributed by atoms with Crippen LogP contribution in [0.15, 0.2) is 47.0 Å². The minimum absolute atomic E-state index is 0.151. The summed E-state index contributed by atoms with van der Waals surface area (Å²) < 4.78 is 12.2. The Morgan fingerprint density at radius 1 is 1.22 bits per heavy atom. The van der Waals surface area contributed by atoms with Crippen molar-refractivity contribution in [1.82, 2.24) is 9.88 Å². The quantitative estimate of drug-likeness (QED) is 0.533. The predicted octanol–water partition coefficient (Wildman–Crippen LogP) is 3.01. The number of ether oxygens (including phenoxy) is 1. The molecule has 0 aliphatic heterocycles. The van der Waals surface area contributed by atoms with E-state index in [0.29, 0.717) is 11.3 Å². The normalized spacial score (nSPS) is 12.0. The Labute approximate surface area is 155 Å². The number of aromatic nitrogens is 1. The van der Waals surface area contributed by atoms with Crippen LogP contribution in [0.25, 0.3) is 11.0 Å². The van der Waals surface area contributed by atoms with Gasteiger partial charge in [0.25, 0.3) is 5.91 Å². The van der Waals surface area contributed by atoms with Gasteiger partial charge in [0.15, 0.2) is 12.4 Å². The lowest BCUT2D eigenvalue weighted by Crippen LogP contribution is -2.31. The second kappa shape index (κ2) is 7.49. The summed E-state index contributed by atoms with van der Waals surface area (Å²) in [5.41, 5.74) is 1.36. The van der Waals surface area contributed by atoms with Crippen LogP contribution in [-0.2, 0) is 16.6 Å². The number of hydrogen-bond donors (Lipinski definition) is 1. The molecule has 0 spiro atoms. The van der Waals surface area contributed by atoms with E-state index in [4.69, 9.17) is 9.15 Å². The first kappa shape index (κ1) is 18.4. The van der Waals surface area contributed by atoms with Gasteiger partial charge in [-0.3, -0.25) is 9.59 Å². The van der Waals surface area contributed by atoms with Crippen LogP contribution in [0.3, 0.4) is 0 Å². The number of nitrogens with zero attached hydrogens (tertiary/aromatic N) is 1. The number of Topliss-reactive ketones (excluding diaryl/α,β-unsaturated/α-hetero) is 1. The van der Waals surface area contributed by atoms with Crippen LogP contribution in [0.5, 0.6) is 0 Å². The van der Waals surface area contributed by atoms with Crippen molar-refractivity contribution in [3.63, 3.8) is 0 Å². The molecule has 0 saturated heterocycles. The Hall–Kier alpha value is -3.35. The standard InChI is InChI=1S/C20H20N2O5/c1-12(18-9-14-6-4-5-7-17(14)27-18)21-19(24)11-26-20(25)16-8-15(13(2)23)10-22(16)3/h4-10,12H,11H2,1-3H3,(H,21,24)/t12-/m1/s1. The van der Waals surface area contributed by atoms with E-state index in [1.54, 1.807) is 20.2 Å². The van der Waals surface area contributed by atoms with Gasteiger partial charge < -0.3 is 19.0 Å². The number of hydrogen-bond acceptors (Lipinski definition) is 5. The van der Waals surface area contributed by atoms with E-state index in [1.807, 2.05) is 30.3 Å². The van der Waals surface area contributed by atoms with E-state index < -0.39 is 18.5 Å². The summed E-state index contributed by atoms with van der Waals surface area (Å²) in [7, 11) is 1.63. The molecule has 2 heterocycles. The fraction of sp³-hybridized carbons (Fsp3) is 0.250. The topological polar surface area (TPSA) is 90.5 Å². The largest absolute Gasteiger partial charge is 0.459 e. The number of ketones is 1. The molecule has 1 aromatic carbocycles. The molecule has 1 N–H and O–H groups in total. The Balaban J connectivity index is 1.57. The number of para-hydroxylation sites is 1. The number of benzene rings is 1. The highest BCUT2D eigenvalue weighted by Gasteiger charge is 2.18. The molecule has 0 bridgehead atoms. The average Bonchev–Trinajstić information content (AvgIpc) is 3.23. The van der Waals surface area contributed by atoms with Crippen LogP contribution in [0.2, 0.25) is 0 Å². The maximum Gasteiger partial charge on any atom is 0.355 e. The third-order valence-electron chi connectivity index (χ3n) is 4.20. The zero-order chi connectivity index (χ0) is 19.6. The van der Waals surface area contributed by atoms with Gasteiger partial charge in [-0.05, 0) is 32.0 Å². The molecule has 0 radical (unpaired) electrons. The van der Waals surface area contributed by atoms with Gasteiger partial charge >= 0.3 is 5.97 Å². The molecular formula is C20H20N2O5. The van der Waals surface area contributed by atoms with Crippen LogP contribution >= 0.6 is 0 Å². The van der Waals surface area contributed by atoms with Crippen molar-refractivity contribution in [2.75, 3.05) is 6.61 Å². The van der Waals surface area contributed by atoms with Crippen molar-refractivity contribution >= 4 is 28.6 Å². The Morgan fingerprint density at radius 3 is 2.63 bits per heavy atom. The highest BCUT2D eigenvalue weighted by atomic mass is 16.5. The molecule has 0 fully saturated rings. The first-order valence-corrected chi connectivity index (χ1v) is 8.47. The lowest BCUT2D eigenvalue weighted by atomic mass is 10.2. The lowest BCUT2D eigenvalue weighted by Gasteiger charge is -2.11. The summed E-state index contributed by atoms with van der Waals surface area (Å²) in [5.74, 6) is -0.652. The molecule has 0 aliphatic carbocycles. The van der Waals surface area contributed by atoms with Crippen LogP contribution < -0.4 is 5.32 Å². The molecule has 0 aliphatic rings. The third kappa shape index (κ3) is 4.08. The Morgan fingerprint density at radius 2 is 1.96 bits per heavy atom. The molecular weight excluding hydrogens is 348 g/mol. The number of nitrogens with one attached hydrogen (secondary N) is 1. The summed E-state index contributed by atoms with van der Waals surface area (Å²) in [6, 6.07) is 10.5. The van der Waals surface area contributed by atoms with Crippen molar-refractivity contribution < 1.29 is 23.5 Å². The summed E-state index contributed by atoms with van der Waals surface area (Å²) in [4.78, 5) is 35.6. The van der Waals surface area contributed by atoms with Crippen LogP contribution in [-0.4, -0.2) is 28.8 Å². The van der Waals surface area contributed by atoms with Gasteiger partial charge in [0, 0.05) is 24.2 Å². The molecule has 140 valence electrons. The second-order valence-corrected chi connectivity index (χ2v) is 6.33. The van der Waals surface area contributed by atoms with Gasteiger partial charge in [0.2, 0.25) is 0 Å². The number of carbonyl (C=O) groups is 3. The van der Waals surface area contributed by atoms with Crippen molar-refractivity contribution in [3.8, 4) is 0 Å². The highest BCUT2D eigenvalue weighted by molar-refractivity contribution is 5.98. The van der Waals surface area contributed by atoms with Crippen LogP contribution in [0.4, 0.5) is 0 Å². The van der Waals surface area contributed by atoms with Crippen LogP contribution in [0.1, 0.15) is 46.5 Å². The summed E-state index contributed by atoms with van der Waals surface area (Å²) >= 11 is 0. The zero-order valence-corrected chi connectivity index (χ0v) is 15.3. The summed E-state index contributed by atoms with van der Waals surface area (Å²) in [6.45, 7) is 2.77. The lowest BCUT2D eigenvalue weighted by molar-refractivity contribution is -0.125. The van der Waals surface area contributed by atoms with Gasteiger partial charge in [-0.25, -0.2) is 4.79 Å². The fourth-order valence-corrected chi connectivity index (χ4v) is 2.74. The number of rotatable bonds is 6. The van der Waals surface area contributed by atoms with E-state index in [2.05, 4.69) is 5.32 Å². The zero-order valence-electron chi connectivity index (χ0n) is 15.3. The number of furan rings is 1.